The molecule has 0 aliphatic carbocycles. The average Bonchev–Trinajstić information content (AvgIpc) is 2.88. The quantitative estimate of drug-likeness (QED) is 0.402. The lowest BCUT2D eigenvalue weighted by atomic mass is 9.88. The lowest BCUT2D eigenvalue weighted by molar-refractivity contribution is -0.192. The molecule has 4 rings (SSSR count). The summed E-state index contributed by atoms with van der Waals surface area (Å²) < 4.78 is 31.7. The van der Waals surface area contributed by atoms with Crippen molar-refractivity contribution >= 4 is 34.4 Å². The Hall–Kier alpha value is -3.04. The number of likely N-dealkylation sites (tertiary alicyclic amines) is 1. The standard InChI is InChI=1S/C25H28N2OS.C2HF3O2/c26-18-19-4-3-7-22(16-19)21-10-13-27(14-11-21)25(28)12-15-29-24-9-8-20-5-1-2-6-23(20)17-24;3-2(4,5)1(6)7/h1-9,16-17,21H,10-15,18,26H2;(H,6,7). The number of halogens is 3. The summed E-state index contributed by atoms with van der Waals surface area (Å²) in [7, 11) is 0. The fourth-order valence-electron chi connectivity index (χ4n) is 4.11. The van der Waals surface area contributed by atoms with Crippen LogP contribution in [0.3, 0.4) is 0 Å². The van der Waals surface area contributed by atoms with E-state index < -0.39 is 12.1 Å². The van der Waals surface area contributed by atoms with Crippen molar-refractivity contribution in [3.63, 3.8) is 0 Å². The van der Waals surface area contributed by atoms with Gasteiger partial charge in [-0.15, -0.1) is 11.8 Å². The highest BCUT2D eigenvalue weighted by molar-refractivity contribution is 7.99. The molecule has 0 spiro atoms. The van der Waals surface area contributed by atoms with Gasteiger partial charge in [0.15, 0.2) is 0 Å². The normalized spacial score (nSPS) is 14.3. The molecule has 36 heavy (non-hydrogen) atoms. The molecule has 1 aliphatic heterocycles. The number of aliphatic carboxylic acids is 1. The van der Waals surface area contributed by atoms with E-state index in [1.165, 1.54) is 26.8 Å². The highest BCUT2D eigenvalue weighted by Crippen LogP contribution is 2.29. The summed E-state index contributed by atoms with van der Waals surface area (Å²) in [4.78, 5) is 24.8. The van der Waals surface area contributed by atoms with E-state index in [9.17, 15) is 18.0 Å². The van der Waals surface area contributed by atoms with Crippen LogP contribution in [0.25, 0.3) is 10.8 Å². The molecular formula is C27H29F3N2O3S. The summed E-state index contributed by atoms with van der Waals surface area (Å²) in [6.45, 7) is 2.30. The lowest BCUT2D eigenvalue weighted by Gasteiger charge is -2.32. The number of alkyl halides is 3. The molecule has 5 nitrogen and oxygen atoms in total. The fourth-order valence-corrected chi connectivity index (χ4v) is 4.99. The van der Waals surface area contributed by atoms with Gasteiger partial charge >= 0.3 is 12.1 Å². The minimum absolute atomic E-state index is 0.285. The van der Waals surface area contributed by atoms with E-state index in [-0.39, 0.29) is 5.91 Å². The number of carbonyl (C=O) groups is 2. The van der Waals surface area contributed by atoms with Gasteiger partial charge < -0.3 is 15.7 Å². The van der Waals surface area contributed by atoms with E-state index in [2.05, 4.69) is 66.7 Å². The van der Waals surface area contributed by atoms with Crippen molar-refractivity contribution in [2.75, 3.05) is 18.8 Å². The monoisotopic (exact) mass is 518 g/mol. The number of hydrogen-bond donors (Lipinski definition) is 2. The first-order chi connectivity index (χ1) is 17.2. The number of carboxylic acid groups (broad SMARTS) is 1. The largest absolute Gasteiger partial charge is 0.490 e. The molecule has 0 bridgehead atoms. The smallest absolute Gasteiger partial charge is 0.475 e. The summed E-state index contributed by atoms with van der Waals surface area (Å²) in [6, 6.07) is 23.5. The molecule has 1 heterocycles. The highest BCUT2D eigenvalue weighted by atomic mass is 32.2. The van der Waals surface area contributed by atoms with Crippen LogP contribution >= 0.6 is 11.8 Å². The van der Waals surface area contributed by atoms with Gasteiger partial charge in [0.05, 0.1) is 0 Å². The number of fused-ring (bicyclic) bond motifs is 1. The zero-order valence-electron chi connectivity index (χ0n) is 19.7. The number of benzene rings is 3. The van der Waals surface area contributed by atoms with E-state index in [0.717, 1.165) is 31.7 Å². The number of nitrogens with zero attached hydrogens (tertiary/aromatic N) is 1. The zero-order valence-corrected chi connectivity index (χ0v) is 20.5. The minimum Gasteiger partial charge on any atom is -0.475 e. The molecular weight excluding hydrogens is 489 g/mol. The maximum absolute atomic E-state index is 12.6. The second-order valence-corrected chi connectivity index (χ2v) is 9.68. The van der Waals surface area contributed by atoms with Crippen LogP contribution in [-0.2, 0) is 16.1 Å². The first-order valence-corrected chi connectivity index (χ1v) is 12.6. The number of carbonyl (C=O) groups excluding carboxylic acids is 1. The molecule has 3 aromatic rings. The molecule has 0 radical (unpaired) electrons. The van der Waals surface area contributed by atoms with Crippen molar-refractivity contribution in [3.8, 4) is 0 Å². The molecule has 0 aromatic heterocycles. The van der Waals surface area contributed by atoms with Gasteiger partial charge in [-0.3, -0.25) is 4.79 Å². The van der Waals surface area contributed by atoms with Crippen LogP contribution in [0.4, 0.5) is 13.2 Å². The molecule has 192 valence electrons. The summed E-state index contributed by atoms with van der Waals surface area (Å²) >= 11 is 1.77. The summed E-state index contributed by atoms with van der Waals surface area (Å²) in [5.74, 6) is -1.10. The molecule has 1 amide bonds. The van der Waals surface area contributed by atoms with Crippen molar-refractivity contribution in [2.45, 2.75) is 42.8 Å². The van der Waals surface area contributed by atoms with E-state index in [1.807, 2.05) is 4.90 Å². The number of amides is 1. The second-order valence-electron chi connectivity index (χ2n) is 8.51. The van der Waals surface area contributed by atoms with Crippen LogP contribution in [0.5, 0.6) is 0 Å². The van der Waals surface area contributed by atoms with Crippen LogP contribution < -0.4 is 5.73 Å². The van der Waals surface area contributed by atoms with Crippen molar-refractivity contribution in [1.29, 1.82) is 0 Å². The maximum Gasteiger partial charge on any atom is 0.490 e. The Labute approximate surface area is 212 Å². The third kappa shape index (κ3) is 7.99. The van der Waals surface area contributed by atoms with Gasteiger partial charge in [-0.25, -0.2) is 4.79 Å². The van der Waals surface area contributed by atoms with Gasteiger partial charge in [0.1, 0.15) is 0 Å². The Morgan fingerprint density at radius 3 is 2.28 bits per heavy atom. The number of carboxylic acids is 1. The number of hydrogen-bond acceptors (Lipinski definition) is 4. The van der Waals surface area contributed by atoms with Crippen molar-refractivity contribution in [3.05, 3.63) is 77.9 Å². The van der Waals surface area contributed by atoms with Gasteiger partial charge in [0.2, 0.25) is 5.91 Å². The Balaban J connectivity index is 0.000000454. The van der Waals surface area contributed by atoms with E-state index >= 15 is 0 Å². The number of nitrogens with two attached hydrogens (primary N) is 1. The maximum atomic E-state index is 12.6. The predicted molar refractivity (Wildman–Crippen MR) is 136 cm³/mol. The van der Waals surface area contributed by atoms with E-state index in [4.69, 9.17) is 15.6 Å². The van der Waals surface area contributed by atoms with Crippen LogP contribution in [0.1, 0.15) is 36.3 Å². The molecule has 1 aliphatic rings. The van der Waals surface area contributed by atoms with E-state index in [1.54, 1.807) is 11.8 Å². The molecule has 0 unspecified atom stereocenters. The van der Waals surface area contributed by atoms with Gasteiger partial charge in [0.25, 0.3) is 0 Å². The fraction of sp³-hybridized carbons (Fsp3) is 0.333. The second kappa shape index (κ2) is 12.8. The molecule has 1 fully saturated rings. The van der Waals surface area contributed by atoms with Gasteiger partial charge in [-0.05, 0) is 52.8 Å². The third-order valence-electron chi connectivity index (χ3n) is 6.05. The van der Waals surface area contributed by atoms with Crippen LogP contribution in [-0.4, -0.2) is 46.9 Å². The Morgan fingerprint density at radius 2 is 1.64 bits per heavy atom. The SMILES string of the molecule is NCc1cccc(C2CCN(C(=O)CCSc3ccc4ccccc4c3)CC2)c1.O=C(O)C(F)(F)F. The highest BCUT2D eigenvalue weighted by Gasteiger charge is 2.38. The van der Waals surface area contributed by atoms with Crippen molar-refractivity contribution in [2.24, 2.45) is 5.73 Å². The number of rotatable bonds is 6. The van der Waals surface area contributed by atoms with Gasteiger partial charge in [-0.2, -0.15) is 13.2 Å². The molecule has 1 saturated heterocycles. The van der Waals surface area contributed by atoms with E-state index in [0.29, 0.717) is 18.9 Å². The van der Waals surface area contributed by atoms with Crippen LogP contribution in [0.15, 0.2) is 71.6 Å². The first-order valence-electron chi connectivity index (χ1n) is 11.7. The minimum atomic E-state index is -5.08. The Bertz CT molecular complexity index is 1180. The number of thioether (sulfide) groups is 1. The number of piperidine rings is 1. The molecule has 0 atom stereocenters. The zero-order chi connectivity index (χ0) is 26.1. The third-order valence-corrected chi connectivity index (χ3v) is 7.05. The van der Waals surface area contributed by atoms with Gasteiger partial charge in [0, 0.05) is 36.7 Å². The summed E-state index contributed by atoms with van der Waals surface area (Å²) in [5.41, 5.74) is 8.33. The molecule has 9 heteroatoms. The lowest BCUT2D eigenvalue weighted by Crippen LogP contribution is -2.38. The predicted octanol–water partition coefficient (Wildman–Crippen LogP) is 5.82. The Morgan fingerprint density at radius 1 is 0.972 bits per heavy atom. The van der Waals surface area contributed by atoms with Gasteiger partial charge in [-0.1, -0.05) is 54.6 Å². The first kappa shape index (κ1) is 27.5. The summed E-state index contributed by atoms with van der Waals surface area (Å²) in [5, 5.41) is 9.64. The molecule has 0 saturated carbocycles. The topological polar surface area (TPSA) is 83.6 Å². The molecule has 3 aromatic carbocycles. The molecule has 3 N–H and O–H groups in total. The van der Waals surface area contributed by atoms with Crippen molar-refractivity contribution in [1.82, 2.24) is 4.90 Å². The van der Waals surface area contributed by atoms with Crippen LogP contribution in [0, 0.1) is 0 Å². The van der Waals surface area contributed by atoms with Crippen molar-refractivity contribution < 1.29 is 27.9 Å². The summed E-state index contributed by atoms with van der Waals surface area (Å²) in [6.07, 6.45) is -2.40. The Kier molecular flexibility index (Phi) is 9.78. The average molecular weight is 519 g/mol. The van der Waals surface area contributed by atoms with Crippen LogP contribution in [0.2, 0.25) is 0 Å².